The lowest BCUT2D eigenvalue weighted by molar-refractivity contribution is -0.117. The van der Waals surface area contributed by atoms with Crippen LogP contribution < -0.4 is 21.3 Å². The first kappa shape index (κ1) is 20.5. The lowest BCUT2D eigenvalue weighted by Crippen LogP contribution is -2.44. The zero-order valence-corrected chi connectivity index (χ0v) is 17.5. The summed E-state index contributed by atoms with van der Waals surface area (Å²) in [5, 5.41) is 7.09. The molecule has 1 aromatic heterocycles. The fourth-order valence-corrected chi connectivity index (χ4v) is 3.89. The van der Waals surface area contributed by atoms with Gasteiger partial charge in [0.15, 0.2) is 0 Å². The number of halogens is 1. The second-order valence-corrected chi connectivity index (χ2v) is 7.67. The van der Waals surface area contributed by atoms with E-state index >= 15 is 0 Å². The molecule has 0 radical (unpaired) electrons. The highest BCUT2D eigenvalue weighted by Gasteiger charge is 2.26. The normalized spacial score (nSPS) is 12.7. The Morgan fingerprint density at radius 2 is 1.68 bits per heavy atom. The number of nitrogens with one attached hydrogen (secondary N) is 1. The van der Waals surface area contributed by atoms with Crippen molar-refractivity contribution >= 4 is 23.2 Å². The van der Waals surface area contributed by atoms with Gasteiger partial charge in [0.25, 0.3) is 0 Å². The molecule has 1 amide bonds. The van der Waals surface area contributed by atoms with Gasteiger partial charge in [0.2, 0.25) is 11.9 Å². The smallest absolute Gasteiger partial charge is 0.324 e. The number of carbonyl (C=O) groups excluding carboxylic acids is 1. The molecule has 2 aromatic carbocycles. The SMILES string of the molecule is Cc1cc(C)c(NC(=O)Cn2nc3n(c(=O)c2=O)CCN3c2ccc(F)cc2)c(C)c1. The Morgan fingerprint density at radius 3 is 2.32 bits per heavy atom. The van der Waals surface area contributed by atoms with E-state index in [0.717, 1.165) is 21.4 Å². The van der Waals surface area contributed by atoms with E-state index in [1.54, 1.807) is 17.0 Å². The Balaban J connectivity index is 1.64. The second-order valence-electron chi connectivity index (χ2n) is 7.67. The van der Waals surface area contributed by atoms with E-state index in [9.17, 15) is 18.8 Å². The molecule has 1 aliphatic rings. The van der Waals surface area contributed by atoms with Crippen molar-refractivity contribution in [2.45, 2.75) is 33.9 Å². The standard InChI is InChI=1S/C22H22FN5O3/c1-13-10-14(2)19(15(3)11-13)24-18(29)12-28-21(31)20(30)27-9-8-26(22(27)25-28)17-6-4-16(23)5-7-17/h4-7,10-11H,8-9,12H2,1-3H3,(H,24,29). The molecule has 0 saturated carbocycles. The van der Waals surface area contributed by atoms with Crippen LogP contribution in [0.3, 0.4) is 0 Å². The first-order chi connectivity index (χ1) is 14.7. The van der Waals surface area contributed by atoms with Crippen molar-refractivity contribution in [2.24, 2.45) is 0 Å². The number of anilines is 3. The van der Waals surface area contributed by atoms with Crippen LogP contribution in [0.25, 0.3) is 0 Å². The third kappa shape index (κ3) is 3.86. The van der Waals surface area contributed by atoms with Crippen LogP contribution in [-0.4, -0.2) is 26.8 Å². The highest BCUT2D eigenvalue weighted by Crippen LogP contribution is 2.26. The summed E-state index contributed by atoms with van der Waals surface area (Å²) in [6.07, 6.45) is 0. The largest absolute Gasteiger partial charge is 0.333 e. The van der Waals surface area contributed by atoms with Crippen LogP contribution in [0.4, 0.5) is 21.7 Å². The molecule has 4 rings (SSSR count). The minimum atomic E-state index is -0.864. The average Bonchev–Trinajstić information content (AvgIpc) is 3.13. The number of aryl methyl sites for hydroxylation is 3. The van der Waals surface area contributed by atoms with E-state index in [-0.39, 0.29) is 18.3 Å². The molecule has 0 saturated heterocycles. The van der Waals surface area contributed by atoms with Gasteiger partial charge in [-0.05, 0) is 56.2 Å². The zero-order valence-electron chi connectivity index (χ0n) is 17.5. The number of rotatable bonds is 4. The number of fused-ring (bicyclic) bond motifs is 1. The van der Waals surface area contributed by atoms with Gasteiger partial charge in [0.05, 0.1) is 0 Å². The van der Waals surface area contributed by atoms with Gasteiger partial charge in [-0.15, -0.1) is 5.10 Å². The van der Waals surface area contributed by atoms with Crippen molar-refractivity contribution in [3.8, 4) is 0 Å². The Morgan fingerprint density at radius 1 is 1.03 bits per heavy atom. The van der Waals surface area contributed by atoms with E-state index in [2.05, 4.69) is 10.4 Å². The number of aromatic nitrogens is 3. The van der Waals surface area contributed by atoms with E-state index in [0.29, 0.717) is 17.9 Å². The van der Waals surface area contributed by atoms with Crippen LogP contribution in [0.5, 0.6) is 0 Å². The predicted molar refractivity (Wildman–Crippen MR) is 115 cm³/mol. The molecule has 3 aromatic rings. The van der Waals surface area contributed by atoms with Gasteiger partial charge >= 0.3 is 11.1 Å². The molecule has 0 unspecified atom stereocenters. The van der Waals surface area contributed by atoms with Gasteiger partial charge in [-0.2, -0.15) is 0 Å². The first-order valence-electron chi connectivity index (χ1n) is 9.87. The molecule has 160 valence electrons. The minimum Gasteiger partial charge on any atom is -0.324 e. The van der Waals surface area contributed by atoms with Crippen LogP contribution in [0, 0.1) is 26.6 Å². The monoisotopic (exact) mass is 423 g/mol. The first-order valence-corrected chi connectivity index (χ1v) is 9.87. The molecule has 0 fully saturated rings. The molecule has 0 spiro atoms. The Kier molecular flexibility index (Phi) is 5.18. The van der Waals surface area contributed by atoms with Crippen LogP contribution >= 0.6 is 0 Å². The molecular formula is C22H22FN5O3. The summed E-state index contributed by atoms with van der Waals surface area (Å²) in [6, 6.07) is 9.67. The second kappa shape index (κ2) is 7.82. The summed E-state index contributed by atoms with van der Waals surface area (Å²) in [6.45, 7) is 6.05. The summed E-state index contributed by atoms with van der Waals surface area (Å²) in [5.41, 5.74) is 2.60. The van der Waals surface area contributed by atoms with Crippen molar-refractivity contribution in [1.82, 2.24) is 14.3 Å². The van der Waals surface area contributed by atoms with Gasteiger partial charge in [-0.1, -0.05) is 17.7 Å². The summed E-state index contributed by atoms with van der Waals surface area (Å²) < 4.78 is 15.4. The number of carbonyl (C=O) groups is 1. The van der Waals surface area contributed by atoms with E-state index in [4.69, 9.17) is 0 Å². The van der Waals surface area contributed by atoms with Crippen LogP contribution in [-0.2, 0) is 17.9 Å². The Labute approximate surface area is 177 Å². The third-order valence-electron chi connectivity index (χ3n) is 5.28. The minimum absolute atomic E-state index is 0.242. The molecule has 9 heteroatoms. The van der Waals surface area contributed by atoms with Gasteiger partial charge < -0.3 is 10.2 Å². The molecule has 1 N–H and O–H groups in total. The van der Waals surface area contributed by atoms with Crippen molar-refractivity contribution in [2.75, 3.05) is 16.8 Å². The van der Waals surface area contributed by atoms with Gasteiger partial charge in [-0.25, -0.2) is 9.07 Å². The maximum Gasteiger partial charge on any atom is 0.333 e. The predicted octanol–water partition coefficient (Wildman–Crippen LogP) is 2.26. The molecule has 1 aliphatic heterocycles. The lowest BCUT2D eigenvalue weighted by atomic mass is 10.1. The molecule has 2 heterocycles. The van der Waals surface area contributed by atoms with E-state index < -0.39 is 23.6 Å². The van der Waals surface area contributed by atoms with Crippen LogP contribution in [0.1, 0.15) is 16.7 Å². The summed E-state index contributed by atoms with van der Waals surface area (Å²) in [4.78, 5) is 39.4. The summed E-state index contributed by atoms with van der Waals surface area (Å²) >= 11 is 0. The Hall–Kier alpha value is -3.75. The van der Waals surface area contributed by atoms with Crippen LogP contribution in [0.2, 0.25) is 0 Å². The highest BCUT2D eigenvalue weighted by atomic mass is 19.1. The Bertz CT molecular complexity index is 1270. The number of amides is 1. The molecule has 31 heavy (non-hydrogen) atoms. The summed E-state index contributed by atoms with van der Waals surface area (Å²) in [5.74, 6) is -0.594. The molecular weight excluding hydrogens is 401 g/mol. The van der Waals surface area contributed by atoms with Crippen molar-refractivity contribution in [3.63, 3.8) is 0 Å². The average molecular weight is 423 g/mol. The molecule has 8 nitrogen and oxygen atoms in total. The fourth-order valence-electron chi connectivity index (χ4n) is 3.89. The van der Waals surface area contributed by atoms with Crippen molar-refractivity contribution in [1.29, 1.82) is 0 Å². The van der Waals surface area contributed by atoms with Gasteiger partial charge in [-0.3, -0.25) is 19.0 Å². The highest BCUT2D eigenvalue weighted by molar-refractivity contribution is 5.92. The molecule has 0 atom stereocenters. The van der Waals surface area contributed by atoms with Crippen molar-refractivity contribution in [3.05, 3.63) is 79.6 Å². The quantitative estimate of drug-likeness (QED) is 0.651. The number of hydrogen-bond donors (Lipinski definition) is 1. The van der Waals surface area contributed by atoms with E-state index in [1.165, 1.54) is 16.7 Å². The van der Waals surface area contributed by atoms with Crippen molar-refractivity contribution < 1.29 is 9.18 Å². The topological polar surface area (TPSA) is 89.2 Å². The number of hydrogen-bond acceptors (Lipinski definition) is 5. The number of benzene rings is 2. The number of nitrogens with zero attached hydrogens (tertiary/aromatic N) is 4. The lowest BCUT2D eigenvalue weighted by Gasteiger charge is -2.18. The van der Waals surface area contributed by atoms with E-state index in [1.807, 2.05) is 32.9 Å². The van der Waals surface area contributed by atoms with Gasteiger partial charge in [0, 0.05) is 24.5 Å². The zero-order chi connectivity index (χ0) is 22.3. The summed E-state index contributed by atoms with van der Waals surface area (Å²) in [7, 11) is 0. The molecule has 0 aliphatic carbocycles. The maximum absolute atomic E-state index is 13.3. The maximum atomic E-state index is 13.3. The van der Waals surface area contributed by atoms with Crippen LogP contribution in [0.15, 0.2) is 46.0 Å². The van der Waals surface area contributed by atoms with Gasteiger partial charge in [0.1, 0.15) is 12.4 Å². The third-order valence-corrected chi connectivity index (χ3v) is 5.28. The fraction of sp³-hybridized carbons (Fsp3) is 0.273. The molecule has 0 bridgehead atoms.